The van der Waals surface area contributed by atoms with E-state index in [2.05, 4.69) is 9.72 Å². The number of hydrogen-bond donors (Lipinski definition) is 1. The van der Waals surface area contributed by atoms with E-state index in [1.165, 1.54) is 6.07 Å². The minimum atomic E-state index is -2.89. The lowest BCUT2D eigenvalue weighted by Crippen LogP contribution is -2.17. The maximum atomic E-state index is 12.6. The average molecular weight is 303 g/mol. The summed E-state index contributed by atoms with van der Waals surface area (Å²) >= 11 is 0. The van der Waals surface area contributed by atoms with Crippen LogP contribution >= 0.6 is 0 Å². The number of aryl methyl sites for hydroxylation is 1. The number of ether oxygens (including phenoxy) is 1. The van der Waals surface area contributed by atoms with Crippen LogP contribution in [0, 0.1) is 6.92 Å². The van der Waals surface area contributed by atoms with Crippen LogP contribution in [0.2, 0.25) is 0 Å². The quantitative estimate of drug-likeness (QED) is 0.804. The van der Waals surface area contributed by atoms with Crippen molar-refractivity contribution in [2.24, 2.45) is 5.73 Å². The third-order valence-electron chi connectivity index (χ3n) is 3.52. The molecule has 0 saturated carbocycles. The van der Waals surface area contributed by atoms with Crippen LogP contribution in [0.3, 0.4) is 0 Å². The molecule has 0 amide bonds. The van der Waals surface area contributed by atoms with Gasteiger partial charge in [-0.2, -0.15) is 8.78 Å². The number of aromatic nitrogens is 2. The molecule has 0 aliphatic rings. The number of rotatable bonds is 4. The fourth-order valence-electron chi connectivity index (χ4n) is 2.60. The van der Waals surface area contributed by atoms with Crippen molar-refractivity contribution >= 4 is 5.65 Å². The molecule has 3 aromatic rings. The van der Waals surface area contributed by atoms with Gasteiger partial charge in [0.05, 0.1) is 17.4 Å². The lowest BCUT2D eigenvalue weighted by molar-refractivity contribution is -0.0505. The molecule has 22 heavy (non-hydrogen) atoms. The van der Waals surface area contributed by atoms with Gasteiger partial charge in [-0.15, -0.1) is 0 Å². The summed E-state index contributed by atoms with van der Waals surface area (Å²) in [6.45, 7) is -1.05. The second-order valence-corrected chi connectivity index (χ2v) is 4.91. The normalized spacial score (nSPS) is 12.8. The first-order chi connectivity index (χ1) is 10.6. The van der Waals surface area contributed by atoms with Crippen molar-refractivity contribution in [2.45, 2.75) is 19.6 Å². The van der Waals surface area contributed by atoms with Gasteiger partial charge in [-0.1, -0.05) is 24.3 Å². The third kappa shape index (κ3) is 2.53. The predicted octanol–water partition coefficient (Wildman–Crippen LogP) is 3.29. The molecule has 4 nitrogen and oxygen atoms in total. The van der Waals surface area contributed by atoms with Crippen LogP contribution in [0.5, 0.6) is 5.75 Å². The topological polar surface area (TPSA) is 52.5 Å². The minimum absolute atomic E-state index is 0.0790. The molecule has 6 heteroatoms. The van der Waals surface area contributed by atoms with E-state index in [4.69, 9.17) is 5.73 Å². The van der Waals surface area contributed by atoms with E-state index in [-0.39, 0.29) is 5.75 Å². The lowest BCUT2D eigenvalue weighted by Gasteiger charge is -2.17. The van der Waals surface area contributed by atoms with Gasteiger partial charge >= 0.3 is 6.61 Å². The summed E-state index contributed by atoms with van der Waals surface area (Å²) in [5, 5.41) is 0. The smallest absolute Gasteiger partial charge is 0.387 e. The van der Waals surface area contributed by atoms with Crippen LogP contribution in [-0.4, -0.2) is 16.0 Å². The van der Waals surface area contributed by atoms with Crippen LogP contribution in [0.15, 0.2) is 48.7 Å². The number of pyridine rings is 1. The summed E-state index contributed by atoms with van der Waals surface area (Å²) in [6, 6.07) is 11.5. The SMILES string of the molecule is Cc1nc2ccccn2c1C(N)c1ccccc1OC(F)F. The zero-order valence-corrected chi connectivity index (χ0v) is 11.9. The molecule has 3 rings (SSSR count). The van der Waals surface area contributed by atoms with Crippen LogP contribution in [0.1, 0.15) is 23.0 Å². The van der Waals surface area contributed by atoms with Crippen molar-refractivity contribution in [2.75, 3.05) is 0 Å². The Labute approximate surface area is 126 Å². The Kier molecular flexibility index (Phi) is 3.77. The summed E-state index contributed by atoms with van der Waals surface area (Å²) in [4.78, 5) is 4.44. The van der Waals surface area contributed by atoms with Crippen LogP contribution in [0.4, 0.5) is 8.78 Å². The van der Waals surface area contributed by atoms with Crippen molar-refractivity contribution in [3.63, 3.8) is 0 Å². The highest BCUT2D eigenvalue weighted by Gasteiger charge is 2.21. The second kappa shape index (κ2) is 5.73. The first kappa shape index (κ1) is 14.5. The molecule has 0 saturated heterocycles. The van der Waals surface area contributed by atoms with Gasteiger partial charge in [-0.25, -0.2) is 4.98 Å². The molecule has 2 aromatic heterocycles. The van der Waals surface area contributed by atoms with Gasteiger partial charge in [0.25, 0.3) is 0 Å². The van der Waals surface area contributed by atoms with Crippen molar-refractivity contribution < 1.29 is 13.5 Å². The number of nitrogens with two attached hydrogens (primary N) is 1. The van der Waals surface area contributed by atoms with Crippen LogP contribution < -0.4 is 10.5 Å². The maximum Gasteiger partial charge on any atom is 0.387 e. The standard InChI is InChI=1S/C16H15F2N3O/c1-10-15(21-9-5-4-8-13(21)20-10)14(19)11-6-2-3-7-12(11)22-16(17)18/h2-9,14,16H,19H2,1H3. The number of halogens is 2. The molecule has 2 N–H and O–H groups in total. The molecule has 1 aromatic carbocycles. The molecule has 1 unspecified atom stereocenters. The Bertz CT molecular complexity index is 801. The molecular formula is C16H15F2N3O. The van der Waals surface area contributed by atoms with Crippen LogP contribution in [-0.2, 0) is 0 Å². The van der Waals surface area contributed by atoms with Crippen molar-refractivity contribution in [3.05, 3.63) is 65.6 Å². The Balaban J connectivity index is 2.10. The Morgan fingerprint density at radius 2 is 1.86 bits per heavy atom. The maximum absolute atomic E-state index is 12.6. The van der Waals surface area contributed by atoms with Gasteiger partial charge in [0.1, 0.15) is 11.4 Å². The second-order valence-electron chi connectivity index (χ2n) is 4.91. The Morgan fingerprint density at radius 1 is 1.14 bits per heavy atom. The predicted molar refractivity (Wildman–Crippen MR) is 79.0 cm³/mol. The number of alkyl halides is 2. The largest absolute Gasteiger partial charge is 0.434 e. The fourth-order valence-corrected chi connectivity index (χ4v) is 2.60. The number of imidazole rings is 1. The first-order valence-corrected chi connectivity index (χ1v) is 6.81. The van der Waals surface area contributed by atoms with Crippen molar-refractivity contribution in [1.29, 1.82) is 0 Å². The number of hydrogen-bond acceptors (Lipinski definition) is 3. The summed E-state index contributed by atoms with van der Waals surface area (Å²) < 4.78 is 31.5. The number of fused-ring (bicyclic) bond motifs is 1. The molecule has 0 aliphatic heterocycles. The van der Waals surface area contributed by atoms with Crippen molar-refractivity contribution in [3.8, 4) is 5.75 Å². The molecule has 0 radical (unpaired) electrons. The zero-order valence-electron chi connectivity index (χ0n) is 11.9. The van der Waals surface area contributed by atoms with Gasteiger partial charge in [0.2, 0.25) is 0 Å². The molecule has 0 aliphatic carbocycles. The van der Waals surface area contributed by atoms with Crippen molar-refractivity contribution in [1.82, 2.24) is 9.38 Å². The van der Waals surface area contributed by atoms with E-state index < -0.39 is 12.7 Å². The highest BCUT2D eigenvalue weighted by Crippen LogP contribution is 2.31. The van der Waals surface area contributed by atoms with Gasteiger partial charge in [-0.05, 0) is 25.1 Å². The molecule has 2 heterocycles. The van der Waals surface area contributed by atoms with E-state index in [9.17, 15) is 8.78 Å². The monoisotopic (exact) mass is 303 g/mol. The Hall–Kier alpha value is -2.47. The lowest BCUT2D eigenvalue weighted by atomic mass is 10.0. The first-order valence-electron chi connectivity index (χ1n) is 6.81. The number of nitrogens with zero attached hydrogens (tertiary/aromatic N) is 2. The molecular weight excluding hydrogens is 288 g/mol. The average Bonchev–Trinajstić information content (AvgIpc) is 2.82. The van der Waals surface area contributed by atoms with Gasteiger partial charge in [0, 0.05) is 11.8 Å². The number of benzene rings is 1. The number of para-hydroxylation sites is 1. The van der Waals surface area contributed by atoms with Gasteiger partial charge in [0.15, 0.2) is 0 Å². The van der Waals surface area contributed by atoms with E-state index in [0.717, 1.165) is 17.0 Å². The van der Waals surface area contributed by atoms with Gasteiger partial charge < -0.3 is 14.9 Å². The molecule has 1 atom stereocenters. The van der Waals surface area contributed by atoms with E-state index in [0.29, 0.717) is 5.56 Å². The zero-order chi connectivity index (χ0) is 15.7. The summed E-state index contributed by atoms with van der Waals surface area (Å²) in [5.74, 6) is 0.0790. The molecule has 114 valence electrons. The molecule has 0 bridgehead atoms. The fraction of sp³-hybridized carbons (Fsp3) is 0.188. The van der Waals surface area contributed by atoms with Crippen LogP contribution in [0.25, 0.3) is 5.65 Å². The highest BCUT2D eigenvalue weighted by atomic mass is 19.3. The Morgan fingerprint density at radius 3 is 2.64 bits per heavy atom. The molecule has 0 spiro atoms. The minimum Gasteiger partial charge on any atom is -0.434 e. The van der Waals surface area contributed by atoms with E-state index in [1.54, 1.807) is 18.2 Å². The third-order valence-corrected chi connectivity index (χ3v) is 3.52. The van der Waals surface area contributed by atoms with E-state index >= 15 is 0 Å². The van der Waals surface area contributed by atoms with Gasteiger partial charge in [-0.3, -0.25) is 0 Å². The van der Waals surface area contributed by atoms with E-state index in [1.807, 2.05) is 35.7 Å². The molecule has 0 fully saturated rings. The summed E-state index contributed by atoms with van der Waals surface area (Å²) in [6.07, 6.45) is 1.85. The summed E-state index contributed by atoms with van der Waals surface area (Å²) in [7, 11) is 0. The highest BCUT2D eigenvalue weighted by molar-refractivity contribution is 5.48. The summed E-state index contributed by atoms with van der Waals surface area (Å²) in [5.41, 5.74) is 9.08.